The SMILES string of the molecule is CCOc1ccc(OCC)c(NC(=O)c2cnc3c(-c4cccc(C)c4)c(C)nn3c2C)c1. The molecule has 0 aliphatic carbocycles. The first-order valence-electron chi connectivity index (χ1n) is 11.1. The van der Waals surface area contributed by atoms with Gasteiger partial charge in [-0.3, -0.25) is 4.79 Å². The number of amides is 1. The lowest BCUT2D eigenvalue weighted by Gasteiger charge is -2.14. The molecule has 170 valence electrons. The third-order valence-electron chi connectivity index (χ3n) is 5.42. The lowest BCUT2D eigenvalue weighted by molar-refractivity contribution is 0.102. The lowest BCUT2D eigenvalue weighted by atomic mass is 10.0. The Hall–Kier alpha value is -3.87. The van der Waals surface area contributed by atoms with Crippen molar-refractivity contribution in [3.63, 3.8) is 0 Å². The molecule has 0 aliphatic heterocycles. The number of ether oxygens (including phenoxy) is 2. The molecule has 0 saturated heterocycles. The minimum atomic E-state index is -0.290. The fourth-order valence-electron chi connectivity index (χ4n) is 3.90. The Kier molecular flexibility index (Phi) is 6.31. The summed E-state index contributed by atoms with van der Waals surface area (Å²) in [6.07, 6.45) is 1.60. The molecule has 0 bridgehead atoms. The zero-order valence-corrected chi connectivity index (χ0v) is 19.6. The second-order valence-electron chi connectivity index (χ2n) is 7.80. The number of fused-ring (bicyclic) bond motifs is 1. The van der Waals surface area contributed by atoms with E-state index < -0.39 is 0 Å². The number of anilines is 1. The van der Waals surface area contributed by atoms with Gasteiger partial charge in [0.25, 0.3) is 5.91 Å². The van der Waals surface area contributed by atoms with E-state index in [1.165, 1.54) is 5.56 Å². The molecule has 0 fully saturated rings. The second kappa shape index (κ2) is 9.32. The van der Waals surface area contributed by atoms with Crippen LogP contribution >= 0.6 is 0 Å². The molecule has 4 aromatic rings. The summed E-state index contributed by atoms with van der Waals surface area (Å²) in [5, 5.41) is 7.64. The molecule has 1 amide bonds. The van der Waals surface area contributed by atoms with Gasteiger partial charge < -0.3 is 14.8 Å². The number of aromatic nitrogens is 3. The van der Waals surface area contributed by atoms with Crippen LogP contribution in [0.5, 0.6) is 11.5 Å². The molecule has 0 spiro atoms. The van der Waals surface area contributed by atoms with E-state index in [4.69, 9.17) is 9.47 Å². The summed E-state index contributed by atoms with van der Waals surface area (Å²) in [5.74, 6) is 0.950. The van der Waals surface area contributed by atoms with Gasteiger partial charge in [-0.15, -0.1) is 0 Å². The van der Waals surface area contributed by atoms with Crippen molar-refractivity contribution in [2.45, 2.75) is 34.6 Å². The smallest absolute Gasteiger partial charge is 0.259 e. The van der Waals surface area contributed by atoms with Gasteiger partial charge in [0, 0.05) is 17.8 Å². The van der Waals surface area contributed by atoms with Gasteiger partial charge in [-0.2, -0.15) is 5.10 Å². The van der Waals surface area contributed by atoms with E-state index >= 15 is 0 Å². The van der Waals surface area contributed by atoms with Gasteiger partial charge >= 0.3 is 0 Å². The van der Waals surface area contributed by atoms with Crippen LogP contribution in [-0.4, -0.2) is 33.7 Å². The zero-order chi connectivity index (χ0) is 23.5. The van der Waals surface area contributed by atoms with Gasteiger partial charge in [0.2, 0.25) is 0 Å². The number of benzene rings is 2. The average Bonchev–Trinajstić information content (AvgIpc) is 3.13. The Morgan fingerprint density at radius 2 is 1.82 bits per heavy atom. The van der Waals surface area contributed by atoms with Gasteiger partial charge in [-0.05, 0) is 52.3 Å². The Morgan fingerprint density at radius 1 is 1.03 bits per heavy atom. The summed E-state index contributed by atoms with van der Waals surface area (Å²) in [6.45, 7) is 10.7. The van der Waals surface area contributed by atoms with Crippen molar-refractivity contribution in [2.75, 3.05) is 18.5 Å². The standard InChI is InChI=1S/C26H28N4O3/c1-6-32-20-11-12-23(33-7-2)22(14-20)28-26(31)21-15-27-25-24(17(4)29-30(25)18(21)5)19-10-8-9-16(3)13-19/h8-15H,6-7H2,1-5H3,(H,28,31). The Balaban J connectivity index is 1.72. The van der Waals surface area contributed by atoms with Crippen molar-refractivity contribution in [2.24, 2.45) is 0 Å². The van der Waals surface area contributed by atoms with Gasteiger partial charge in [0.1, 0.15) is 11.5 Å². The molecule has 0 atom stereocenters. The lowest BCUT2D eigenvalue weighted by Crippen LogP contribution is -2.17. The van der Waals surface area contributed by atoms with Gasteiger partial charge in [0.05, 0.1) is 35.9 Å². The van der Waals surface area contributed by atoms with E-state index in [-0.39, 0.29) is 5.91 Å². The number of carbonyl (C=O) groups is 1. The topological polar surface area (TPSA) is 77.8 Å². The highest BCUT2D eigenvalue weighted by Crippen LogP contribution is 2.31. The number of nitrogens with zero attached hydrogens (tertiary/aromatic N) is 3. The first kappa shape index (κ1) is 22.3. The fraction of sp³-hybridized carbons (Fsp3) is 0.269. The number of carbonyl (C=O) groups excluding carboxylic acids is 1. The number of hydrogen-bond donors (Lipinski definition) is 1. The second-order valence-corrected chi connectivity index (χ2v) is 7.80. The summed E-state index contributed by atoms with van der Waals surface area (Å²) in [7, 11) is 0. The van der Waals surface area contributed by atoms with Crippen LogP contribution in [0.2, 0.25) is 0 Å². The number of nitrogens with one attached hydrogen (secondary N) is 1. The molecular formula is C26H28N4O3. The van der Waals surface area contributed by atoms with Crippen LogP contribution in [0.3, 0.4) is 0 Å². The van der Waals surface area contributed by atoms with Crippen molar-refractivity contribution in [1.82, 2.24) is 14.6 Å². The van der Waals surface area contributed by atoms with Gasteiger partial charge in [-0.25, -0.2) is 9.50 Å². The van der Waals surface area contributed by atoms with Crippen molar-refractivity contribution in [3.8, 4) is 22.6 Å². The molecule has 2 aromatic heterocycles. The quantitative estimate of drug-likeness (QED) is 0.415. The third-order valence-corrected chi connectivity index (χ3v) is 5.42. The maximum Gasteiger partial charge on any atom is 0.259 e. The molecule has 2 heterocycles. The molecule has 0 saturated carbocycles. The summed E-state index contributed by atoms with van der Waals surface area (Å²) >= 11 is 0. The van der Waals surface area contributed by atoms with Crippen molar-refractivity contribution >= 4 is 17.2 Å². The molecule has 2 aromatic carbocycles. The van der Waals surface area contributed by atoms with E-state index in [9.17, 15) is 4.79 Å². The highest BCUT2D eigenvalue weighted by Gasteiger charge is 2.20. The van der Waals surface area contributed by atoms with Crippen LogP contribution in [0.25, 0.3) is 16.8 Å². The highest BCUT2D eigenvalue weighted by molar-refractivity contribution is 6.06. The Bertz CT molecular complexity index is 1330. The van der Waals surface area contributed by atoms with Gasteiger partial charge in [0.15, 0.2) is 5.65 Å². The Morgan fingerprint density at radius 3 is 2.55 bits per heavy atom. The molecule has 33 heavy (non-hydrogen) atoms. The van der Waals surface area contributed by atoms with Crippen LogP contribution in [0, 0.1) is 20.8 Å². The highest BCUT2D eigenvalue weighted by atomic mass is 16.5. The van der Waals surface area contributed by atoms with E-state index in [1.54, 1.807) is 22.8 Å². The monoisotopic (exact) mass is 444 g/mol. The molecule has 0 aliphatic rings. The first-order valence-corrected chi connectivity index (χ1v) is 11.1. The summed E-state index contributed by atoms with van der Waals surface area (Å²) in [4.78, 5) is 17.8. The predicted octanol–water partition coefficient (Wildman–Crippen LogP) is 5.37. The normalized spacial score (nSPS) is 10.9. The number of aryl methyl sites for hydroxylation is 3. The average molecular weight is 445 g/mol. The Labute approximate surface area is 193 Å². The largest absolute Gasteiger partial charge is 0.494 e. The third kappa shape index (κ3) is 4.39. The van der Waals surface area contributed by atoms with Crippen LogP contribution in [0.15, 0.2) is 48.7 Å². The number of rotatable bonds is 7. The van der Waals surface area contributed by atoms with E-state index in [0.717, 1.165) is 22.5 Å². The van der Waals surface area contributed by atoms with Crippen molar-refractivity contribution in [1.29, 1.82) is 0 Å². The summed E-state index contributed by atoms with van der Waals surface area (Å²) in [5.41, 5.74) is 6.46. The van der Waals surface area contributed by atoms with Gasteiger partial charge in [-0.1, -0.05) is 29.8 Å². The van der Waals surface area contributed by atoms with Crippen LogP contribution in [-0.2, 0) is 0 Å². The minimum Gasteiger partial charge on any atom is -0.494 e. The molecule has 0 unspecified atom stereocenters. The van der Waals surface area contributed by atoms with Crippen molar-refractivity contribution < 1.29 is 14.3 Å². The molecule has 7 heteroatoms. The molecule has 0 radical (unpaired) electrons. The van der Waals surface area contributed by atoms with Crippen LogP contribution in [0.1, 0.15) is 41.2 Å². The van der Waals surface area contributed by atoms with E-state index in [1.807, 2.05) is 39.8 Å². The fourth-order valence-corrected chi connectivity index (χ4v) is 3.90. The number of hydrogen-bond acceptors (Lipinski definition) is 5. The summed E-state index contributed by atoms with van der Waals surface area (Å²) in [6, 6.07) is 13.6. The minimum absolute atomic E-state index is 0.290. The zero-order valence-electron chi connectivity index (χ0n) is 19.6. The van der Waals surface area contributed by atoms with E-state index in [2.05, 4.69) is 40.5 Å². The van der Waals surface area contributed by atoms with Crippen LogP contribution < -0.4 is 14.8 Å². The molecule has 1 N–H and O–H groups in total. The first-order chi connectivity index (χ1) is 15.9. The molecular weight excluding hydrogens is 416 g/mol. The van der Waals surface area contributed by atoms with Crippen molar-refractivity contribution in [3.05, 3.63) is 71.2 Å². The van der Waals surface area contributed by atoms with Crippen LogP contribution in [0.4, 0.5) is 5.69 Å². The molecule has 7 nitrogen and oxygen atoms in total. The summed E-state index contributed by atoms with van der Waals surface area (Å²) < 4.78 is 13.0. The maximum atomic E-state index is 13.2. The van der Waals surface area contributed by atoms with E-state index in [0.29, 0.717) is 41.7 Å². The molecule has 4 rings (SSSR count). The predicted molar refractivity (Wildman–Crippen MR) is 129 cm³/mol. The maximum absolute atomic E-state index is 13.2.